The van der Waals surface area contributed by atoms with Crippen LogP contribution in [0.2, 0.25) is 0 Å². The molecule has 192 valence electrons. The van der Waals surface area contributed by atoms with E-state index < -0.39 is 5.60 Å². The highest BCUT2D eigenvalue weighted by Gasteiger charge is 2.64. The van der Waals surface area contributed by atoms with Gasteiger partial charge in [0.15, 0.2) is 11.5 Å². The standard InChI is InChI=1S/C26H29N7O2.C2H4/c1-17-10-21(31-9-8-19(12-31)18-6-4-3-5-7-18)13-33-23(17)28-24(29-33)26-11-20(15-35-26)22(26)14-32-16-27-30(2)25(32)34;1-2/h3-7,10,13,16,19-20,22H,8-9,11-12,14-15H2,1-2H3;1-2H2/t19-,20?,22?,26?;/m0./s1. The molecule has 37 heavy (non-hydrogen) atoms. The summed E-state index contributed by atoms with van der Waals surface area (Å²) >= 11 is 0. The van der Waals surface area contributed by atoms with Gasteiger partial charge in [-0.05, 0) is 42.9 Å². The molecule has 1 aromatic carbocycles. The van der Waals surface area contributed by atoms with Crippen molar-refractivity contribution < 1.29 is 4.74 Å². The van der Waals surface area contributed by atoms with Crippen molar-refractivity contribution in [1.82, 2.24) is 28.9 Å². The van der Waals surface area contributed by atoms with Crippen molar-refractivity contribution in [3.63, 3.8) is 0 Å². The summed E-state index contributed by atoms with van der Waals surface area (Å²) < 4.78 is 11.3. The number of aromatic nitrogens is 6. The molecule has 0 N–H and O–H groups in total. The van der Waals surface area contributed by atoms with Gasteiger partial charge < -0.3 is 9.64 Å². The van der Waals surface area contributed by atoms with E-state index in [2.05, 4.69) is 72.7 Å². The quantitative estimate of drug-likeness (QED) is 0.392. The number of rotatable bonds is 5. The van der Waals surface area contributed by atoms with E-state index in [0.717, 1.165) is 43.0 Å². The number of benzene rings is 1. The Morgan fingerprint density at radius 2 is 2.03 bits per heavy atom. The van der Waals surface area contributed by atoms with Crippen LogP contribution in [0.1, 0.15) is 35.7 Å². The van der Waals surface area contributed by atoms with Gasteiger partial charge in [0.25, 0.3) is 0 Å². The number of anilines is 1. The maximum atomic E-state index is 12.4. The van der Waals surface area contributed by atoms with Gasteiger partial charge in [-0.15, -0.1) is 18.3 Å². The molecule has 3 aromatic heterocycles. The van der Waals surface area contributed by atoms with Gasteiger partial charge in [-0.2, -0.15) is 5.10 Å². The van der Waals surface area contributed by atoms with Gasteiger partial charge in [0.1, 0.15) is 11.9 Å². The van der Waals surface area contributed by atoms with Crippen LogP contribution >= 0.6 is 0 Å². The molecule has 9 nitrogen and oxygen atoms in total. The lowest BCUT2D eigenvalue weighted by Gasteiger charge is -2.42. The summed E-state index contributed by atoms with van der Waals surface area (Å²) in [7, 11) is 1.67. The third kappa shape index (κ3) is 3.71. The van der Waals surface area contributed by atoms with Crippen LogP contribution in [0.4, 0.5) is 5.69 Å². The van der Waals surface area contributed by atoms with Crippen LogP contribution in [0.3, 0.4) is 0 Å². The SMILES string of the molecule is C=C.Cc1cc(N2CC[C@H](c3ccccc3)C2)cn2nc(C34CC(CO3)C4Cn3cnn(C)c3=O)nc12. The van der Waals surface area contributed by atoms with Gasteiger partial charge in [0, 0.05) is 38.5 Å². The summed E-state index contributed by atoms with van der Waals surface area (Å²) in [6.07, 6.45) is 5.77. The van der Waals surface area contributed by atoms with E-state index in [0.29, 0.717) is 25.0 Å². The minimum Gasteiger partial charge on any atom is -0.370 e. The first-order valence-corrected chi connectivity index (χ1v) is 12.9. The third-order valence-corrected chi connectivity index (χ3v) is 8.37. The van der Waals surface area contributed by atoms with Gasteiger partial charge in [-0.25, -0.2) is 19.0 Å². The average molecular weight is 500 g/mol. The average Bonchev–Trinajstić information content (AvgIpc) is 3.74. The van der Waals surface area contributed by atoms with Crippen LogP contribution in [-0.4, -0.2) is 48.6 Å². The van der Waals surface area contributed by atoms with Crippen molar-refractivity contribution in [2.75, 3.05) is 24.6 Å². The zero-order chi connectivity index (χ0) is 25.7. The molecule has 4 aromatic rings. The predicted octanol–water partition coefficient (Wildman–Crippen LogP) is 3.29. The number of nitrogens with zero attached hydrogens (tertiary/aromatic N) is 7. The van der Waals surface area contributed by atoms with E-state index in [-0.39, 0.29) is 11.6 Å². The van der Waals surface area contributed by atoms with Crippen LogP contribution in [0.15, 0.2) is 66.9 Å². The van der Waals surface area contributed by atoms with Crippen molar-refractivity contribution >= 4 is 11.3 Å². The van der Waals surface area contributed by atoms with Crippen molar-refractivity contribution in [2.24, 2.45) is 18.9 Å². The van der Waals surface area contributed by atoms with Crippen LogP contribution < -0.4 is 10.6 Å². The molecule has 3 saturated heterocycles. The molecule has 9 heteroatoms. The van der Waals surface area contributed by atoms with Crippen LogP contribution in [0.5, 0.6) is 0 Å². The number of aryl methyl sites for hydroxylation is 2. The van der Waals surface area contributed by atoms with Crippen LogP contribution in [0.25, 0.3) is 5.65 Å². The first-order valence-electron chi connectivity index (χ1n) is 12.9. The fourth-order valence-electron chi connectivity index (χ4n) is 6.36. The molecule has 4 fully saturated rings. The lowest BCUT2D eigenvalue weighted by molar-refractivity contribution is -0.0716. The molecule has 0 radical (unpaired) electrons. The first kappa shape index (κ1) is 23.7. The van der Waals surface area contributed by atoms with Crippen LogP contribution in [-0.2, 0) is 23.9 Å². The number of fused-ring (bicyclic) bond motifs is 2. The minimum absolute atomic E-state index is 0.102. The van der Waals surface area contributed by atoms with E-state index in [1.165, 1.54) is 15.9 Å². The van der Waals surface area contributed by atoms with E-state index >= 15 is 0 Å². The van der Waals surface area contributed by atoms with E-state index in [9.17, 15) is 4.79 Å². The molecule has 0 amide bonds. The topological polar surface area (TPSA) is 82.5 Å². The summed E-state index contributed by atoms with van der Waals surface area (Å²) in [5.41, 5.74) is 3.94. The van der Waals surface area contributed by atoms with Gasteiger partial charge in [-0.1, -0.05) is 30.3 Å². The maximum absolute atomic E-state index is 12.4. The summed E-state index contributed by atoms with van der Waals surface area (Å²) in [4.78, 5) is 19.8. The van der Waals surface area contributed by atoms with Crippen molar-refractivity contribution in [2.45, 2.75) is 37.8 Å². The molecule has 8 rings (SSSR count). The lowest BCUT2D eigenvalue weighted by atomic mass is 9.63. The second-order valence-electron chi connectivity index (χ2n) is 10.4. The zero-order valence-corrected chi connectivity index (χ0v) is 21.5. The second kappa shape index (κ2) is 8.99. The molecular formula is C28H33N7O2. The highest BCUT2D eigenvalue weighted by Crippen LogP contribution is 2.59. The molecule has 3 aliphatic heterocycles. The molecule has 4 atom stereocenters. The zero-order valence-electron chi connectivity index (χ0n) is 21.5. The minimum atomic E-state index is -0.523. The molecule has 1 saturated carbocycles. The van der Waals surface area contributed by atoms with Gasteiger partial charge >= 0.3 is 5.69 Å². The van der Waals surface area contributed by atoms with Crippen molar-refractivity contribution in [3.8, 4) is 0 Å². The highest BCUT2D eigenvalue weighted by molar-refractivity contribution is 5.58. The Bertz CT molecular complexity index is 1490. The van der Waals surface area contributed by atoms with E-state index in [4.69, 9.17) is 14.8 Å². The van der Waals surface area contributed by atoms with Gasteiger partial charge in [0.05, 0.1) is 18.5 Å². The monoisotopic (exact) mass is 499 g/mol. The number of hydrogen-bond donors (Lipinski definition) is 0. The summed E-state index contributed by atoms with van der Waals surface area (Å²) in [5.74, 6) is 1.88. The van der Waals surface area contributed by atoms with Gasteiger partial charge in [0.2, 0.25) is 0 Å². The van der Waals surface area contributed by atoms with Crippen molar-refractivity contribution in [1.29, 1.82) is 0 Å². The predicted molar refractivity (Wildman–Crippen MR) is 142 cm³/mol. The highest BCUT2D eigenvalue weighted by atomic mass is 16.5. The molecule has 0 spiro atoms. The number of hydrogen-bond acceptors (Lipinski definition) is 6. The summed E-state index contributed by atoms with van der Waals surface area (Å²) in [5, 5.41) is 9.04. The molecule has 6 heterocycles. The molecule has 3 unspecified atom stereocenters. The molecular weight excluding hydrogens is 466 g/mol. The molecule has 2 bridgehead atoms. The smallest absolute Gasteiger partial charge is 0.345 e. The fraction of sp³-hybridized carbons (Fsp3) is 0.429. The van der Waals surface area contributed by atoms with Gasteiger partial charge in [-0.3, -0.25) is 4.57 Å². The Hall–Kier alpha value is -3.72. The Labute approximate surface area is 216 Å². The van der Waals surface area contributed by atoms with E-state index in [1.54, 1.807) is 17.9 Å². The summed E-state index contributed by atoms with van der Waals surface area (Å²) in [6, 6.07) is 13.0. The number of ether oxygens (including phenoxy) is 1. The largest absolute Gasteiger partial charge is 0.370 e. The second-order valence-corrected chi connectivity index (χ2v) is 10.4. The Morgan fingerprint density at radius 1 is 1.22 bits per heavy atom. The van der Waals surface area contributed by atoms with E-state index in [1.807, 2.05) is 4.52 Å². The van der Waals surface area contributed by atoms with Crippen molar-refractivity contribution in [3.05, 3.63) is 89.5 Å². The third-order valence-electron chi connectivity index (χ3n) is 8.37. The Balaban J connectivity index is 0.00000123. The molecule has 4 aliphatic rings. The van der Waals surface area contributed by atoms with Crippen LogP contribution in [0, 0.1) is 18.8 Å². The molecule has 1 aliphatic carbocycles. The Kier molecular flexibility index (Phi) is 5.75. The normalized spacial score (nSPS) is 26.2. The maximum Gasteiger partial charge on any atom is 0.345 e. The summed E-state index contributed by atoms with van der Waals surface area (Å²) in [6.45, 7) is 11.4. The lowest BCUT2D eigenvalue weighted by Crippen LogP contribution is -2.48. The Morgan fingerprint density at radius 3 is 2.76 bits per heavy atom. The first-order chi connectivity index (χ1) is 18.0. The fourth-order valence-corrected chi connectivity index (χ4v) is 6.36. The number of pyridine rings is 1.